The largest absolute Gasteiger partial charge is 0.324 e. The second-order valence-electron chi connectivity index (χ2n) is 6.30. The summed E-state index contributed by atoms with van der Waals surface area (Å²) in [6, 6.07) is 10.5. The number of nitrogens with one attached hydrogen (secondary N) is 1. The number of carbonyl (C=O) groups excluding carboxylic acids is 3. The molecule has 1 N–H and O–H groups in total. The quantitative estimate of drug-likeness (QED) is 0.664. The first-order valence-corrected chi connectivity index (χ1v) is 9.89. The molecule has 144 valence electrons. The van der Waals surface area contributed by atoms with E-state index in [0.717, 1.165) is 27.8 Å². The van der Waals surface area contributed by atoms with Gasteiger partial charge in [-0.25, -0.2) is 0 Å². The second kappa shape index (κ2) is 8.39. The fourth-order valence-electron chi connectivity index (χ4n) is 2.60. The van der Waals surface area contributed by atoms with Crippen molar-refractivity contribution in [3.8, 4) is 0 Å². The Morgan fingerprint density at radius 3 is 2.61 bits per heavy atom. The summed E-state index contributed by atoms with van der Waals surface area (Å²) in [5.74, 6) is -0.973. The number of anilines is 1. The van der Waals surface area contributed by atoms with Crippen LogP contribution in [-0.4, -0.2) is 28.5 Å². The van der Waals surface area contributed by atoms with Gasteiger partial charge >= 0.3 is 0 Å². The number of benzene rings is 2. The van der Waals surface area contributed by atoms with Gasteiger partial charge in [0.25, 0.3) is 11.1 Å². The van der Waals surface area contributed by atoms with Crippen LogP contribution in [0.25, 0.3) is 6.08 Å². The van der Waals surface area contributed by atoms with Crippen LogP contribution in [0.15, 0.2) is 41.3 Å². The third-order valence-corrected chi connectivity index (χ3v) is 5.56. The molecular weight excluding hydrogens is 419 g/mol. The van der Waals surface area contributed by atoms with Gasteiger partial charge in [0.15, 0.2) is 0 Å². The molecule has 0 bridgehead atoms. The average molecular weight is 435 g/mol. The van der Waals surface area contributed by atoms with Crippen molar-refractivity contribution >= 4 is 63.8 Å². The monoisotopic (exact) mass is 434 g/mol. The molecule has 2 aromatic rings. The van der Waals surface area contributed by atoms with Crippen molar-refractivity contribution in [1.29, 1.82) is 0 Å². The Balaban J connectivity index is 1.74. The average Bonchev–Trinajstić information content (AvgIpc) is 2.88. The van der Waals surface area contributed by atoms with Crippen LogP contribution < -0.4 is 5.32 Å². The minimum absolute atomic E-state index is 0.203. The topological polar surface area (TPSA) is 66.5 Å². The van der Waals surface area contributed by atoms with Crippen molar-refractivity contribution in [2.75, 3.05) is 11.9 Å². The third kappa shape index (κ3) is 4.58. The van der Waals surface area contributed by atoms with Gasteiger partial charge in [0, 0.05) is 15.7 Å². The maximum Gasteiger partial charge on any atom is 0.294 e. The molecule has 3 rings (SSSR count). The minimum atomic E-state index is -0.530. The molecule has 0 radical (unpaired) electrons. The SMILES string of the molecule is Cc1ccc(C)c(NC(=O)CN2C(=O)S/C(=C/c3ccc(Cl)cc3Cl)C2=O)c1. The molecule has 0 unspecified atom stereocenters. The van der Waals surface area contributed by atoms with E-state index in [-0.39, 0.29) is 11.4 Å². The first-order chi connectivity index (χ1) is 13.2. The summed E-state index contributed by atoms with van der Waals surface area (Å²) in [6.07, 6.45) is 1.52. The van der Waals surface area contributed by atoms with Crippen LogP contribution >= 0.6 is 35.0 Å². The highest BCUT2D eigenvalue weighted by molar-refractivity contribution is 8.18. The Labute approximate surface area is 176 Å². The van der Waals surface area contributed by atoms with E-state index >= 15 is 0 Å². The summed E-state index contributed by atoms with van der Waals surface area (Å²) in [4.78, 5) is 38.3. The van der Waals surface area contributed by atoms with E-state index in [1.807, 2.05) is 32.0 Å². The summed E-state index contributed by atoms with van der Waals surface area (Å²) in [5.41, 5.74) is 3.11. The molecule has 28 heavy (non-hydrogen) atoms. The highest BCUT2D eigenvalue weighted by Gasteiger charge is 2.36. The number of rotatable bonds is 4. The summed E-state index contributed by atoms with van der Waals surface area (Å²) >= 11 is 12.8. The predicted octanol–water partition coefficient (Wildman–Crippen LogP) is 5.29. The Hall–Kier alpha value is -2.28. The third-order valence-electron chi connectivity index (χ3n) is 4.09. The van der Waals surface area contributed by atoms with Crippen molar-refractivity contribution < 1.29 is 14.4 Å². The predicted molar refractivity (Wildman–Crippen MR) is 114 cm³/mol. The van der Waals surface area contributed by atoms with E-state index in [2.05, 4.69) is 5.32 Å². The van der Waals surface area contributed by atoms with Crippen LogP contribution in [0.4, 0.5) is 10.5 Å². The molecule has 0 atom stereocenters. The van der Waals surface area contributed by atoms with Crippen molar-refractivity contribution in [3.05, 3.63) is 68.0 Å². The van der Waals surface area contributed by atoms with Gasteiger partial charge in [-0.2, -0.15) is 0 Å². The van der Waals surface area contributed by atoms with E-state index in [4.69, 9.17) is 23.2 Å². The van der Waals surface area contributed by atoms with Gasteiger partial charge in [-0.05, 0) is 66.6 Å². The maximum absolute atomic E-state index is 12.6. The van der Waals surface area contributed by atoms with Gasteiger partial charge in [0.05, 0.1) is 4.91 Å². The van der Waals surface area contributed by atoms with Gasteiger partial charge in [0.2, 0.25) is 5.91 Å². The molecule has 2 aromatic carbocycles. The standard InChI is InChI=1S/C20H16Cl2N2O3S/c1-11-3-4-12(2)16(7-11)23-18(25)10-24-19(26)17(28-20(24)27)8-13-5-6-14(21)9-15(13)22/h3-9H,10H2,1-2H3,(H,23,25)/b17-8+. The molecule has 1 heterocycles. The zero-order valence-corrected chi connectivity index (χ0v) is 17.4. The van der Waals surface area contributed by atoms with Crippen molar-refractivity contribution in [2.45, 2.75) is 13.8 Å². The fraction of sp³-hybridized carbons (Fsp3) is 0.150. The number of hydrogen-bond acceptors (Lipinski definition) is 4. The van der Waals surface area contributed by atoms with Crippen LogP contribution in [-0.2, 0) is 9.59 Å². The summed E-state index contributed by atoms with van der Waals surface area (Å²) in [5, 5.41) is 3.09. The van der Waals surface area contributed by atoms with E-state index in [0.29, 0.717) is 21.3 Å². The molecule has 0 saturated carbocycles. The zero-order chi connectivity index (χ0) is 20.4. The highest BCUT2D eigenvalue weighted by Crippen LogP contribution is 2.34. The van der Waals surface area contributed by atoms with Gasteiger partial charge in [-0.1, -0.05) is 41.4 Å². The van der Waals surface area contributed by atoms with E-state index in [1.54, 1.807) is 18.2 Å². The van der Waals surface area contributed by atoms with Crippen molar-refractivity contribution in [2.24, 2.45) is 0 Å². The number of amides is 3. The lowest BCUT2D eigenvalue weighted by Crippen LogP contribution is -2.36. The molecule has 0 aromatic heterocycles. The lowest BCUT2D eigenvalue weighted by molar-refractivity contribution is -0.127. The van der Waals surface area contributed by atoms with Crippen LogP contribution in [0, 0.1) is 13.8 Å². The molecule has 5 nitrogen and oxygen atoms in total. The molecule has 1 fully saturated rings. The van der Waals surface area contributed by atoms with Crippen LogP contribution in [0.5, 0.6) is 0 Å². The molecule has 3 amide bonds. The number of imide groups is 1. The first kappa shape index (κ1) is 20.5. The number of thioether (sulfide) groups is 1. The molecule has 1 saturated heterocycles. The Kier molecular flexibility index (Phi) is 6.13. The fourth-order valence-corrected chi connectivity index (χ4v) is 3.89. The number of aryl methyl sites for hydroxylation is 2. The Bertz CT molecular complexity index is 1020. The van der Waals surface area contributed by atoms with Crippen molar-refractivity contribution in [1.82, 2.24) is 4.90 Å². The zero-order valence-electron chi connectivity index (χ0n) is 15.1. The number of halogens is 2. The van der Waals surface area contributed by atoms with E-state index in [1.165, 1.54) is 6.08 Å². The molecule has 0 aliphatic carbocycles. The Morgan fingerprint density at radius 2 is 1.89 bits per heavy atom. The first-order valence-electron chi connectivity index (χ1n) is 8.32. The number of nitrogens with zero attached hydrogens (tertiary/aromatic N) is 1. The normalized spacial score (nSPS) is 15.4. The molecule has 1 aliphatic heterocycles. The lowest BCUT2D eigenvalue weighted by Gasteiger charge is -2.14. The Morgan fingerprint density at radius 1 is 1.14 bits per heavy atom. The van der Waals surface area contributed by atoms with Crippen LogP contribution in [0.1, 0.15) is 16.7 Å². The molecule has 1 aliphatic rings. The summed E-state index contributed by atoms with van der Waals surface area (Å²) < 4.78 is 0. The summed E-state index contributed by atoms with van der Waals surface area (Å²) in [6.45, 7) is 3.43. The minimum Gasteiger partial charge on any atom is -0.324 e. The van der Waals surface area contributed by atoms with Gasteiger partial charge in [0.1, 0.15) is 6.54 Å². The smallest absolute Gasteiger partial charge is 0.294 e. The molecular formula is C20H16Cl2N2O3S. The van der Waals surface area contributed by atoms with Gasteiger partial charge in [-0.15, -0.1) is 0 Å². The highest BCUT2D eigenvalue weighted by atomic mass is 35.5. The maximum atomic E-state index is 12.6. The lowest BCUT2D eigenvalue weighted by atomic mass is 10.1. The molecule has 8 heteroatoms. The van der Waals surface area contributed by atoms with Crippen LogP contribution in [0.3, 0.4) is 0 Å². The van der Waals surface area contributed by atoms with Crippen LogP contribution in [0.2, 0.25) is 10.0 Å². The van der Waals surface area contributed by atoms with Gasteiger partial charge in [-0.3, -0.25) is 19.3 Å². The number of hydrogen-bond donors (Lipinski definition) is 1. The second-order valence-corrected chi connectivity index (χ2v) is 8.14. The molecule has 0 spiro atoms. The van der Waals surface area contributed by atoms with Gasteiger partial charge < -0.3 is 5.32 Å². The van der Waals surface area contributed by atoms with E-state index in [9.17, 15) is 14.4 Å². The van der Waals surface area contributed by atoms with Crippen molar-refractivity contribution in [3.63, 3.8) is 0 Å². The van der Waals surface area contributed by atoms with E-state index < -0.39 is 17.1 Å². The number of carbonyl (C=O) groups is 3. The summed E-state index contributed by atoms with van der Waals surface area (Å²) in [7, 11) is 0.